The molecule has 3 rings (SSSR count). The summed E-state index contributed by atoms with van der Waals surface area (Å²) in [5, 5.41) is 2.26. The van der Waals surface area contributed by atoms with Gasteiger partial charge in [0.25, 0.3) is 0 Å². The predicted molar refractivity (Wildman–Crippen MR) is 64.4 cm³/mol. The molecule has 0 aliphatic heterocycles. The van der Waals surface area contributed by atoms with E-state index in [9.17, 15) is 0 Å². The summed E-state index contributed by atoms with van der Waals surface area (Å²) < 4.78 is 1.24. The molecule has 15 heavy (non-hydrogen) atoms. The van der Waals surface area contributed by atoms with Gasteiger partial charge in [-0.1, -0.05) is 0 Å². The Kier molecular flexibility index (Phi) is 1.76. The van der Waals surface area contributed by atoms with E-state index in [2.05, 4.69) is 28.2 Å². The quantitative estimate of drug-likeness (QED) is 0.572. The van der Waals surface area contributed by atoms with Crippen LogP contribution in [0.4, 0.5) is 0 Å². The van der Waals surface area contributed by atoms with Crippen molar-refractivity contribution in [1.29, 1.82) is 0 Å². The molecule has 0 unspecified atom stereocenters. The lowest BCUT2D eigenvalue weighted by molar-refractivity contribution is 1.26. The normalized spacial score (nSPS) is 11.3. The number of fused-ring (bicyclic) bond motifs is 3. The van der Waals surface area contributed by atoms with Crippen molar-refractivity contribution in [2.45, 2.75) is 13.8 Å². The Morgan fingerprint density at radius 3 is 2.73 bits per heavy atom. The molecule has 74 valence electrons. The lowest BCUT2D eigenvalue weighted by atomic mass is 10.2. The molecule has 0 atom stereocenters. The zero-order chi connectivity index (χ0) is 10.4. The standard InChI is InChI=1S/C12H10N2S/c1-7-3-4-9-10(13-7)5-6-11-12(9)14-8(2)15-11/h3-6H,1-2H3. The number of benzene rings is 1. The number of thiazole rings is 1. The number of aryl methyl sites for hydroxylation is 2. The van der Waals surface area contributed by atoms with E-state index in [1.807, 2.05) is 19.9 Å². The summed E-state index contributed by atoms with van der Waals surface area (Å²) in [5.74, 6) is 0. The van der Waals surface area contributed by atoms with E-state index in [1.165, 1.54) is 4.70 Å². The van der Waals surface area contributed by atoms with Gasteiger partial charge in [0, 0.05) is 11.1 Å². The van der Waals surface area contributed by atoms with Crippen LogP contribution < -0.4 is 0 Å². The van der Waals surface area contributed by atoms with Gasteiger partial charge in [-0.05, 0) is 38.1 Å². The van der Waals surface area contributed by atoms with Crippen LogP contribution in [-0.2, 0) is 0 Å². The molecule has 0 radical (unpaired) electrons. The van der Waals surface area contributed by atoms with Crippen molar-refractivity contribution in [3.8, 4) is 0 Å². The van der Waals surface area contributed by atoms with Crippen molar-refractivity contribution < 1.29 is 0 Å². The maximum Gasteiger partial charge on any atom is 0.0909 e. The van der Waals surface area contributed by atoms with Crippen molar-refractivity contribution >= 4 is 32.5 Å². The van der Waals surface area contributed by atoms with E-state index >= 15 is 0 Å². The lowest BCUT2D eigenvalue weighted by Gasteiger charge is -1.98. The van der Waals surface area contributed by atoms with E-state index in [0.717, 1.165) is 27.1 Å². The highest BCUT2D eigenvalue weighted by Gasteiger charge is 2.05. The Balaban J connectivity index is 2.53. The minimum absolute atomic E-state index is 1.04. The van der Waals surface area contributed by atoms with Crippen molar-refractivity contribution in [2.75, 3.05) is 0 Å². The Hall–Kier alpha value is -1.48. The van der Waals surface area contributed by atoms with Crippen LogP contribution in [0.2, 0.25) is 0 Å². The molecular weight excluding hydrogens is 204 g/mol. The third kappa shape index (κ3) is 1.31. The summed E-state index contributed by atoms with van der Waals surface area (Å²) in [7, 11) is 0. The highest BCUT2D eigenvalue weighted by molar-refractivity contribution is 7.18. The van der Waals surface area contributed by atoms with Crippen LogP contribution in [0.25, 0.3) is 21.1 Å². The first-order chi connectivity index (χ1) is 7.24. The van der Waals surface area contributed by atoms with Crippen LogP contribution >= 0.6 is 11.3 Å². The fourth-order valence-corrected chi connectivity index (χ4v) is 2.65. The van der Waals surface area contributed by atoms with Crippen molar-refractivity contribution in [2.24, 2.45) is 0 Å². The maximum absolute atomic E-state index is 4.55. The van der Waals surface area contributed by atoms with Crippen molar-refractivity contribution in [3.05, 3.63) is 35.0 Å². The van der Waals surface area contributed by atoms with Gasteiger partial charge in [-0.15, -0.1) is 11.3 Å². The molecule has 0 saturated carbocycles. The average molecular weight is 214 g/mol. The molecule has 0 spiro atoms. The molecule has 0 fully saturated rings. The molecule has 0 saturated heterocycles. The highest BCUT2D eigenvalue weighted by Crippen LogP contribution is 2.28. The van der Waals surface area contributed by atoms with Crippen molar-refractivity contribution in [1.82, 2.24) is 9.97 Å². The number of aromatic nitrogens is 2. The Morgan fingerprint density at radius 2 is 1.87 bits per heavy atom. The predicted octanol–water partition coefficient (Wildman–Crippen LogP) is 3.46. The molecule has 3 heteroatoms. The summed E-state index contributed by atoms with van der Waals surface area (Å²) in [6, 6.07) is 8.33. The van der Waals surface area contributed by atoms with Gasteiger partial charge in [-0.3, -0.25) is 4.98 Å². The number of hydrogen-bond acceptors (Lipinski definition) is 3. The van der Waals surface area contributed by atoms with E-state index in [0.29, 0.717) is 0 Å². The van der Waals surface area contributed by atoms with E-state index in [1.54, 1.807) is 11.3 Å². The summed E-state index contributed by atoms with van der Waals surface area (Å²) in [6.45, 7) is 4.05. The Bertz CT molecular complexity index is 655. The molecule has 0 aliphatic rings. The fourth-order valence-electron chi connectivity index (χ4n) is 1.81. The third-order valence-corrected chi connectivity index (χ3v) is 3.41. The van der Waals surface area contributed by atoms with Gasteiger partial charge in [0.2, 0.25) is 0 Å². The average Bonchev–Trinajstić information content (AvgIpc) is 2.58. The van der Waals surface area contributed by atoms with Crippen molar-refractivity contribution in [3.63, 3.8) is 0 Å². The molecule has 0 bridgehead atoms. The molecule has 0 N–H and O–H groups in total. The van der Waals surface area contributed by atoms with Crippen LogP contribution in [0.5, 0.6) is 0 Å². The highest BCUT2D eigenvalue weighted by atomic mass is 32.1. The van der Waals surface area contributed by atoms with Gasteiger partial charge in [0.05, 0.1) is 20.7 Å². The van der Waals surface area contributed by atoms with Crippen LogP contribution in [0, 0.1) is 13.8 Å². The summed E-state index contributed by atoms with van der Waals surface area (Å²) in [5.41, 5.74) is 3.17. The first-order valence-corrected chi connectivity index (χ1v) is 5.69. The fraction of sp³-hybridized carbons (Fsp3) is 0.167. The Labute approximate surface area is 91.6 Å². The van der Waals surface area contributed by atoms with Gasteiger partial charge >= 0.3 is 0 Å². The van der Waals surface area contributed by atoms with Gasteiger partial charge in [0.15, 0.2) is 0 Å². The largest absolute Gasteiger partial charge is 0.253 e. The summed E-state index contributed by atoms with van der Waals surface area (Å²) >= 11 is 1.73. The number of nitrogens with zero attached hydrogens (tertiary/aromatic N) is 2. The minimum atomic E-state index is 1.04. The van der Waals surface area contributed by atoms with Crippen LogP contribution in [0.15, 0.2) is 24.3 Å². The molecule has 2 nitrogen and oxygen atoms in total. The first-order valence-electron chi connectivity index (χ1n) is 4.87. The van der Waals surface area contributed by atoms with Gasteiger partial charge in [-0.2, -0.15) is 0 Å². The monoisotopic (exact) mass is 214 g/mol. The molecular formula is C12H10N2S. The molecule has 2 heterocycles. The van der Waals surface area contributed by atoms with E-state index in [4.69, 9.17) is 0 Å². The number of hydrogen-bond donors (Lipinski definition) is 0. The molecule has 0 aliphatic carbocycles. The first kappa shape index (κ1) is 8.80. The van der Waals surface area contributed by atoms with Gasteiger partial charge in [0.1, 0.15) is 0 Å². The zero-order valence-corrected chi connectivity index (χ0v) is 9.43. The SMILES string of the molecule is Cc1ccc2c(ccc3sc(C)nc32)n1. The lowest BCUT2D eigenvalue weighted by Crippen LogP contribution is -1.83. The molecule has 3 aromatic rings. The number of rotatable bonds is 0. The topological polar surface area (TPSA) is 25.8 Å². The van der Waals surface area contributed by atoms with Crippen LogP contribution in [0.1, 0.15) is 10.7 Å². The van der Waals surface area contributed by atoms with E-state index in [-0.39, 0.29) is 0 Å². The molecule has 0 amide bonds. The maximum atomic E-state index is 4.55. The van der Waals surface area contributed by atoms with Crippen LogP contribution in [0.3, 0.4) is 0 Å². The number of pyridine rings is 1. The second-order valence-corrected chi connectivity index (χ2v) is 4.90. The van der Waals surface area contributed by atoms with E-state index < -0.39 is 0 Å². The second-order valence-electron chi connectivity index (χ2n) is 3.66. The Morgan fingerprint density at radius 1 is 1.00 bits per heavy atom. The van der Waals surface area contributed by atoms with Gasteiger partial charge < -0.3 is 0 Å². The second kappa shape index (κ2) is 3.00. The van der Waals surface area contributed by atoms with Gasteiger partial charge in [-0.25, -0.2) is 4.98 Å². The molecule has 1 aromatic carbocycles. The summed E-state index contributed by atoms with van der Waals surface area (Å²) in [4.78, 5) is 9.05. The smallest absolute Gasteiger partial charge is 0.0909 e. The third-order valence-electron chi connectivity index (χ3n) is 2.47. The van der Waals surface area contributed by atoms with Crippen LogP contribution in [-0.4, -0.2) is 9.97 Å². The molecule has 2 aromatic heterocycles. The minimum Gasteiger partial charge on any atom is -0.253 e. The summed E-state index contributed by atoms with van der Waals surface area (Å²) in [6.07, 6.45) is 0. The zero-order valence-electron chi connectivity index (χ0n) is 8.61.